The van der Waals surface area contributed by atoms with E-state index in [1.54, 1.807) is 12.1 Å². The Labute approximate surface area is 125 Å². The molecule has 0 radical (unpaired) electrons. The molecule has 5 heteroatoms. The summed E-state index contributed by atoms with van der Waals surface area (Å²) >= 11 is 0. The predicted molar refractivity (Wildman–Crippen MR) is 84.4 cm³/mol. The minimum atomic E-state index is -0.124. The number of piperidine rings is 1. The third kappa shape index (κ3) is 4.21. The first-order chi connectivity index (χ1) is 10.1. The first-order valence-electron chi connectivity index (χ1n) is 7.55. The fraction of sp³-hybridized carbons (Fsp3) is 0.500. The number of carbonyl (C=O) groups is 2. The van der Waals surface area contributed by atoms with Gasteiger partial charge in [0, 0.05) is 30.9 Å². The van der Waals surface area contributed by atoms with Gasteiger partial charge in [-0.1, -0.05) is 13.0 Å². The van der Waals surface area contributed by atoms with Gasteiger partial charge in [-0.3, -0.25) is 4.79 Å². The van der Waals surface area contributed by atoms with Crippen LogP contribution in [0.15, 0.2) is 24.3 Å². The van der Waals surface area contributed by atoms with Crippen LogP contribution in [0, 0.1) is 0 Å². The van der Waals surface area contributed by atoms with Gasteiger partial charge in [-0.25, -0.2) is 4.79 Å². The Balaban J connectivity index is 2.03. The van der Waals surface area contributed by atoms with Crippen molar-refractivity contribution in [3.05, 3.63) is 24.3 Å². The largest absolute Gasteiger partial charge is 0.326 e. The van der Waals surface area contributed by atoms with Gasteiger partial charge in [-0.15, -0.1) is 0 Å². The summed E-state index contributed by atoms with van der Waals surface area (Å²) in [7, 11) is 0. The highest BCUT2D eigenvalue weighted by atomic mass is 16.2. The molecule has 1 aromatic carbocycles. The van der Waals surface area contributed by atoms with Crippen LogP contribution in [0.4, 0.5) is 16.2 Å². The molecule has 0 saturated carbocycles. The summed E-state index contributed by atoms with van der Waals surface area (Å²) in [6.45, 7) is 4.40. The number of hydrogen-bond acceptors (Lipinski definition) is 2. The molecule has 1 unspecified atom stereocenters. The van der Waals surface area contributed by atoms with Crippen molar-refractivity contribution in [1.82, 2.24) is 4.90 Å². The summed E-state index contributed by atoms with van der Waals surface area (Å²) in [6.07, 6.45) is 4.32. The molecule has 1 saturated heterocycles. The van der Waals surface area contributed by atoms with Crippen LogP contribution in [-0.4, -0.2) is 29.4 Å². The number of likely N-dealkylation sites (tertiary alicyclic amines) is 1. The molecule has 0 bridgehead atoms. The van der Waals surface area contributed by atoms with Crippen LogP contribution in [0.25, 0.3) is 0 Å². The van der Waals surface area contributed by atoms with Crippen LogP contribution >= 0.6 is 0 Å². The zero-order chi connectivity index (χ0) is 15.2. The van der Waals surface area contributed by atoms with Crippen molar-refractivity contribution in [2.45, 2.75) is 45.6 Å². The summed E-state index contributed by atoms with van der Waals surface area (Å²) in [5.74, 6) is -0.124. The number of nitrogens with one attached hydrogen (secondary N) is 2. The van der Waals surface area contributed by atoms with E-state index < -0.39 is 0 Å². The van der Waals surface area contributed by atoms with Crippen LogP contribution in [0.1, 0.15) is 39.5 Å². The summed E-state index contributed by atoms with van der Waals surface area (Å²) in [5.41, 5.74) is 1.39. The summed E-state index contributed by atoms with van der Waals surface area (Å²) < 4.78 is 0. The zero-order valence-corrected chi connectivity index (χ0v) is 12.7. The highest BCUT2D eigenvalue weighted by Gasteiger charge is 2.25. The molecule has 1 atom stereocenters. The van der Waals surface area contributed by atoms with Gasteiger partial charge >= 0.3 is 6.03 Å². The van der Waals surface area contributed by atoms with Gasteiger partial charge < -0.3 is 15.5 Å². The van der Waals surface area contributed by atoms with Gasteiger partial charge in [0.1, 0.15) is 0 Å². The van der Waals surface area contributed by atoms with E-state index in [4.69, 9.17) is 0 Å². The second-order valence-electron chi connectivity index (χ2n) is 5.44. The van der Waals surface area contributed by atoms with Crippen LogP contribution < -0.4 is 10.6 Å². The second kappa shape index (κ2) is 7.11. The lowest BCUT2D eigenvalue weighted by atomic mass is 10.0. The van der Waals surface area contributed by atoms with Gasteiger partial charge in [0.05, 0.1) is 0 Å². The van der Waals surface area contributed by atoms with Crippen molar-refractivity contribution in [2.75, 3.05) is 17.2 Å². The smallest absolute Gasteiger partial charge is 0.322 e. The first-order valence-corrected chi connectivity index (χ1v) is 7.55. The Morgan fingerprint density at radius 3 is 2.62 bits per heavy atom. The summed E-state index contributed by atoms with van der Waals surface area (Å²) in [6, 6.07) is 7.48. The molecule has 1 aliphatic rings. The number of anilines is 2. The van der Waals surface area contributed by atoms with Gasteiger partial charge in [0.25, 0.3) is 0 Å². The summed E-state index contributed by atoms with van der Waals surface area (Å²) in [5, 5.41) is 5.64. The maximum absolute atomic E-state index is 12.4. The Hall–Kier alpha value is -2.04. The SMILES string of the molecule is CCC1CCCCN1C(=O)Nc1cccc(NC(C)=O)c1. The van der Waals surface area contributed by atoms with Crippen molar-refractivity contribution in [2.24, 2.45) is 0 Å². The molecule has 1 aliphatic heterocycles. The molecular weight excluding hydrogens is 266 g/mol. The molecule has 5 nitrogen and oxygen atoms in total. The molecule has 3 amide bonds. The highest BCUT2D eigenvalue weighted by Crippen LogP contribution is 2.21. The van der Waals surface area contributed by atoms with Crippen LogP contribution in [-0.2, 0) is 4.79 Å². The van der Waals surface area contributed by atoms with Crippen molar-refractivity contribution < 1.29 is 9.59 Å². The van der Waals surface area contributed by atoms with E-state index >= 15 is 0 Å². The van der Waals surface area contributed by atoms with Gasteiger partial charge in [0.2, 0.25) is 5.91 Å². The first kappa shape index (κ1) is 15.4. The molecule has 1 heterocycles. The number of urea groups is 1. The Morgan fingerprint density at radius 1 is 1.24 bits per heavy atom. The minimum absolute atomic E-state index is 0.0541. The number of benzene rings is 1. The normalized spacial score (nSPS) is 18.2. The van der Waals surface area contributed by atoms with E-state index in [9.17, 15) is 9.59 Å². The van der Waals surface area contributed by atoms with Gasteiger partial charge in [0.15, 0.2) is 0 Å². The average Bonchev–Trinajstić information content (AvgIpc) is 2.46. The lowest BCUT2D eigenvalue weighted by Crippen LogP contribution is -2.45. The molecule has 0 spiro atoms. The number of nitrogens with zero attached hydrogens (tertiary/aromatic N) is 1. The van der Waals surface area contributed by atoms with Crippen LogP contribution in [0.3, 0.4) is 0 Å². The van der Waals surface area contributed by atoms with E-state index in [0.717, 1.165) is 25.8 Å². The Kier molecular flexibility index (Phi) is 5.20. The third-order valence-corrected chi connectivity index (χ3v) is 3.79. The molecule has 21 heavy (non-hydrogen) atoms. The fourth-order valence-electron chi connectivity index (χ4n) is 2.77. The topological polar surface area (TPSA) is 61.4 Å². The predicted octanol–water partition coefficient (Wildman–Crippen LogP) is 3.44. The van der Waals surface area contributed by atoms with E-state index in [1.807, 2.05) is 17.0 Å². The lowest BCUT2D eigenvalue weighted by Gasteiger charge is -2.35. The molecule has 2 rings (SSSR count). The van der Waals surface area contributed by atoms with Crippen molar-refractivity contribution in [3.8, 4) is 0 Å². The monoisotopic (exact) mass is 289 g/mol. The number of hydrogen-bond donors (Lipinski definition) is 2. The number of rotatable bonds is 3. The van der Waals surface area contributed by atoms with Gasteiger partial charge in [-0.05, 0) is 43.9 Å². The highest BCUT2D eigenvalue weighted by molar-refractivity contribution is 5.92. The average molecular weight is 289 g/mol. The van der Waals surface area contributed by atoms with Crippen molar-refractivity contribution >= 4 is 23.3 Å². The maximum Gasteiger partial charge on any atom is 0.322 e. The maximum atomic E-state index is 12.4. The number of amides is 3. The molecule has 0 aromatic heterocycles. The molecule has 2 N–H and O–H groups in total. The third-order valence-electron chi connectivity index (χ3n) is 3.79. The van der Waals surface area contributed by atoms with Crippen molar-refractivity contribution in [3.63, 3.8) is 0 Å². The van der Waals surface area contributed by atoms with E-state index in [0.29, 0.717) is 17.4 Å². The van der Waals surface area contributed by atoms with E-state index in [-0.39, 0.29) is 11.9 Å². The standard InChI is InChI=1S/C16H23N3O2/c1-3-15-9-4-5-10-19(15)16(21)18-14-8-6-7-13(11-14)17-12(2)20/h6-8,11,15H,3-5,9-10H2,1-2H3,(H,17,20)(H,18,21). The fourth-order valence-corrected chi connectivity index (χ4v) is 2.77. The van der Waals surface area contributed by atoms with E-state index in [1.165, 1.54) is 13.3 Å². The van der Waals surface area contributed by atoms with Crippen LogP contribution in [0.2, 0.25) is 0 Å². The zero-order valence-electron chi connectivity index (χ0n) is 12.7. The Bertz CT molecular complexity index is 516. The minimum Gasteiger partial charge on any atom is -0.326 e. The Morgan fingerprint density at radius 2 is 1.95 bits per heavy atom. The summed E-state index contributed by atoms with van der Waals surface area (Å²) in [4.78, 5) is 25.4. The van der Waals surface area contributed by atoms with Crippen molar-refractivity contribution in [1.29, 1.82) is 0 Å². The molecule has 1 fully saturated rings. The molecule has 0 aliphatic carbocycles. The molecule has 114 valence electrons. The molecular formula is C16H23N3O2. The van der Waals surface area contributed by atoms with E-state index in [2.05, 4.69) is 17.6 Å². The molecule has 1 aromatic rings. The number of carbonyl (C=O) groups excluding carboxylic acids is 2. The van der Waals surface area contributed by atoms with Crippen LogP contribution in [0.5, 0.6) is 0 Å². The lowest BCUT2D eigenvalue weighted by molar-refractivity contribution is -0.114. The van der Waals surface area contributed by atoms with Gasteiger partial charge in [-0.2, -0.15) is 0 Å². The quantitative estimate of drug-likeness (QED) is 0.895. The second-order valence-corrected chi connectivity index (χ2v) is 5.44.